The fourth-order valence-corrected chi connectivity index (χ4v) is 3.32. The first-order chi connectivity index (χ1) is 15.2. The van der Waals surface area contributed by atoms with Crippen molar-refractivity contribution in [2.75, 3.05) is 36.4 Å². The van der Waals surface area contributed by atoms with E-state index in [4.69, 9.17) is 4.74 Å². The molecular formula is C24H30N4O4. The van der Waals surface area contributed by atoms with Gasteiger partial charge in [-0.2, -0.15) is 0 Å². The second-order valence-electron chi connectivity index (χ2n) is 8.69. The summed E-state index contributed by atoms with van der Waals surface area (Å²) in [4.78, 5) is 44.6. The van der Waals surface area contributed by atoms with Crippen molar-refractivity contribution in [1.29, 1.82) is 0 Å². The molecule has 1 aliphatic heterocycles. The number of nitrogens with one attached hydrogen (secondary N) is 1. The number of pyridine rings is 1. The third-order valence-corrected chi connectivity index (χ3v) is 4.99. The maximum Gasteiger partial charge on any atom is 0.410 e. The molecule has 32 heavy (non-hydrogen) atoms. The molecular weight excluding hydrogens is 408 g/mol. The molecule has 0 bridgehead atoms. The van der Waals surface area contributed by atoms with Gasteiger partial charge >= 0.3 is 6.09 Å². The van der Waals surface area contributed by atoms with Crippen LogP contribution in [-0.2, 0) is 9.53 Å². The molecule has 8 nitrogen and oxygen atoms in total. The van der Waals surface area contributed by atoms with Crippen molar-refractivity contribution >= 4 is 29.3 Å². The largest absolute Gasteiger partial charge is 0.444 e. The highest BCUT2D eigenvalue weighted by Gasteiger charge is 2.26. The number of carbonyl (C=O) groups is 3. The van der Waals surface area contributed by atoms with E-state index in [2.05, 4.69) is 15.2 Å². The zero-order chi connectivity index (χ0) is 23.1. The number of aromatic nitrogens is 1. The van der Waals surface area contributed by atoms with Crippen molar-refractivity contribution in [1.82, 2.24) is 9.88 Å². The van der Waals surface area contributed by atoms with Gasteiger partial charge < -0.3 is 19.9 Å². The number of benzene rings is 1. The molecule has 170 valence electrons. The second-order valence-corrected chi connectivity index (χ2v) is 8.69. The third kappa shape index (κ3) is 6.80. The Morgan fingerprint density at radius 1 is 0.969 bits per heavy atom. The molecule has 1 aromatic carbocycles. The molecule has 0 saturated carbocycles. The van der Waals surface area contributed by atoms with E-state index in [0.717, 1.165) is 5.69 Å². The number of ketones is 1. The first-order valence-electron chi connectivity index (χ1n) is 10.8. The minimum absolute atomic E-state index is 0.0606. The molecule has 8 heteroatoms. The van der Waals surface area contributed by atoms with Gasteiger partial charge in [-0.15, -0.1) is 0 Å². The Hall–Kier alpha value is -3.42. The Morgan fingerprint density at radius 3 is 2.25 bits per heavy atom. The van der Waals surface area contributed by atoms with Crippen molar-refractivity contribution in [3.63, 3.8) is 0 Å². The molecule has 0 unspecified atom stereocenters. The molecule has 1 aromatic heterocycles. The minimum Gasteiger partial charge on any atom is -0.444 e. The molecule has 0 radical (unpaired) electrons. The average molecular weight is 439 g/mol. The van der Waals surface area contributed by atoms with E-state index in [9.17, 15) is 14.4 Å². The lowest BCUT2D eigenvalue weighted by Gasteiger charge is -2.36. The minimum atomic E-state index is -0.507. The molecule has 1 N–H and O–H groups in total. The van der Waals surface area contributed by atoms with Gasteiger partial charge in [0.2, 0.25) is 5.91 Å². The number of anilines is 2. The molecule has 1 fully saturated rings. The van der Waals surface area contributed by atoms with E-state index in [1.807, 2.05) is 32.9 Å². The summed E-state index contributed by atoms with van der Waals surface area (Å²) < 4.78 is 5.43. The van der Waals surface area contributed by atoms with E-state index < -0.39 is 5.60 Å². The fraction of sp³-hybridized carbons (Fsp3) is 0.417. The number of Topliss-reactive ketones (excluding diaryl/α,β-unsaturated/α-hetero) is 1. The predicted molar refractivity (Wildman–Crippen MR) is 123 cm³/mol. The predicted octanol–water partition coefficient (Wildman–Crippen LogP) is 3.74. The van der Waals surface area contributed by atoms with Gasteiger partial charge in [-0.3, -0.25) is 9.59 Å². The Labute approximate surface area is 188 Å². The number of hydrogen-bond acceptors (Lipinski definition) is 6. The summed E-state index contributed by atoms with van der Waals surface area (Å²) in [5, 5.41) is 2.73. The van der Waals surface area contributed by atoms with Gasteiger partial charge in [0.1, 0.15) is 11.4 Å². The molecule has 0 aliphatic carbocycles. The van der Waals surface area contributed by atoms with Crippen molar-refractivity contribution < 1.29 is 19.1 Å². The van der Waals surface area contributed by atoms with Crippen molar-refractivity contribution in [2.45, 2.75) is 39.2 Å². The van der Waals surface area contributed by atoms with E-state index in [1.165, 1.54) is 0 Å². The molecule has 2 aromatic rings. The summed E-state index contributed by atoms with van der Waals surface area (Å²) >= 11 is 0. The quantitative estimate of drug-likeness (QED) is 0.691. The number of rotatable bonds is 6. The molecule has 1 saturated heterocycles. The van der Waals surface area contributed by atoms with Crippen molar-refractivity contribution in [2.24, 2.45) is 0 Å². The van der Waals surface area contributed by atoms with Crippen LogP contribution in [-0.4, -0.2) is 59.4 Å². The molecule has 0 spiro atoms. The van der Waals surface area contributed by atoms with E-state index in [1.54, 1.807) is 41.4 Å². The van der Waals surface area contributed by atoms with Crippen LogP contribution >= 0.6 is 0 Å². The summed E-state index contributed by atoms with van der Waals surface area (Å²) in [7, 11) is 0. The van der Waals surface area contributed by atoms with Gasteiger partial charge in [0.15, 0.2) is 5.78 Å². The van der Waals surface area contributed by atoms with Crippen LogP contribution in [0, 0.1) is 0 Å². The lowest BCUT2D eigenvalue weighted by Crippen LogP contribution is -2.50. The number of amides is 2. The second kappa shape index (κ2) is 10.3. The highest BCUT2D eigenvalue weighted by molar-refractivity contribution is 5.99. The van der Waals surface area contributed by atoms with Gasteiger partial charge in [0, 0.05) is 44.6 Å². The van der Waals surface area contributed by atoms with Gasteiger partial charge in [-0.05, 0) is 32.9 Å². The van der Waals surface area contributed by atoms with Crippen LogP contribution in [0.25, 0.3) is 0 Å². The maximum atomic E-state index is 12.2. The molecule has 0 atom stereocenters. The van der Waals surface area contributed by atoms with Gasteiger partial charge in [0.25, 0.3) is 0 Å². The maximum absolute atomic E-state index is 12.2. The number of nitrogens with zero attached hydrogens (tertiary/aromatic N) is 3. The highest BCUT2D eigenvalue weighted by atomic mass is 16.6. The standard InChI is InChI=1S/C24H30N4O4/c1-24(2,3)32-23(31)28-15-13-27(14-16-28)19-9-11-21(25-17-19)26-22(30)12-10-20(29)18-7-5-4-6-8-18/h4-9,11,17H,10,12-16H2,1-3H3,(H,25,26,30). The SMILES string of the molecule is CC(C)(C)OC(=O)N1CCN(c2ccc(NC(=O)CCC(=O)c3ccccc3)nc2)CC1. The van der Waals surface area contributed by atoms with E-state index in [-0.39, 0.29) is 30.6 Å². The number of carbonyl (C=O) groups excluding carboxylic acids is 3. The zero-order valence-electron chi connectivity index (χ0n) is 18.8. The Balaban J connectivity index is 1.44. The third-order valence-electron chi connectivity index (χ3n) is 4.99. The summed E-state index contributed by atoms with van der Waals surface area (Å²) in [5.41, 5.74) is 1.02. The van der Waals surface area contributed by atoms with Crippen LogP contribution in [0.2, 0.25) is 0 Å². The topological polar surface area (TPSA) is 91.8 Å². The van der Waals surface area contributed by atoms with Crippen LogP contribution in [0.4, 0.5) is 16.3 Å². The van der Waals surface area contributed by atoms with Gasteiger partial charge in [-0.1, -0.05) is 30.3 Å². The summed E-state index contributed by atoms with van der Waals surface area (Å²) in [5.74, 6) is 0.133. The van der Waals surface area contributed by atoms with Gasteiger partial charge in [0.05, 0.1) is 11.9 Å². The summed E-state index contributed by atoms with van der Waals surface area (Å²) in [6.07, 6.45) is 1.66. The lowest BCUT2D eigenvalue weighted by molar-refractivity contribution is -0.116. The first-order valence-corrected chi connectivity index (χ1v) is 10.8. The van der Waals surface area contributed by atoms with Crippen molar-refractivity contribution in [3.05, 3.63) is 54.2 Å². The van der Waals surface area contributed by atoms with Crippen LogP contribution in [0.3, 0.4) is 0 Å². The Bertz CT molecular complexity index is 931. The van der Waals surface area contributed by atoms with E-state index >= 15 is 0 Å². The Kier molecular flexibility index (Phi) is 7.45. The Morgan fingerprint density at radius 2 is 1.66 bits per heavy atom. The van der Waals surface area contributed by atoms with Crippen LogP contribution < -0.4 is 10.2 Å². The highest BCUT2D eigenvalue weighted by Crippen LogP contribution is 2.19. The molecule has 3 rings (SSSR count). The number of hydrogen-bond donors (Lipinski definition) is 1. The van der Waals surface area contributed by atoms with E-state index in [0.29, 0.717) is 37.6 Å². The zero-order valence-corrected chi connectivity index (χ0v) is 18.8. The molecule has 2 amide bonds. The van der Waals surface area contributed by atoms with Crippen LogP contribution in [0.15, 0.2) is 48.7 Å². The van der Waals surface area contributed by atoms with Crippen LogP contribution in [0.5, 0.6) is 0 Å². The smallest absolute Gasteiger partial charge is 0.410 e. The monoisotopic (exact) mass is 438 g/mol. The van der Waals surface area contributed by atoms with Crippen LogP contribution in [0.1, 0.15) is 44.0 Å². The summed E-state index contributed by atoms with van der Waals surface area (Å²) in [6.45, 7) is 8.06. The number of ether oxygens (including phenoxy) is 1. The number of piperazine rings is 1. The fourth-order valence-electron chi connectivity index (χ4n) is 3.32. The average Bonchev–Trinajstić information content (AvgIpc) is 2.77. The molecule has 1 aliphatic rings. The summed E-state index contributed by atoms with van der Waals surface area (Å²) in [6, 6.07) is 12.6. The first kappa shape index (κ1) is 23.2. The van der Waals surface area contributed by atoms with Crippen molar-refractivity contribution in [3.8, 4) is 0 Å². The normalized spacial score (nSPS) is 14.1. The lowest BCUT2D eigenvalue weighted by atomic mass is 10.1. The van der Waals surface area contributed by atoms with Gasteiger partial charge in [-0.25, -0.2) is 9.78 Å². The molecule has 2 heterocycles.